The number of carbonyl (C=O) groups is 1. The number of nitrogens with one attached hydrogen (secondary N) is 1. The Hall–Kier alpha value is -1.29. The first-order chi connectivity index (χ1) is 6.27. The number of furan rings is 1. The van der Waals surface area contributed by atoms with Gasteiger partial charge in [0.15, 0.2) is 5.76 Å². The van der Waals surface area contributed by atoms with Gasteiger partial charge in [0.1, 0.15) is 0 Å². The van der Waals surface area contributed by atoms with Gasteiger partial charge in [-0.3, -0.25) is 4.79 Å². The molecule has 0 radical (unpaired) electrons. The summed E-state index contributed by atoms with van der Waals surface area (Å²) in [6, 6.07) is 3.03. The quantitative estimate of drug-likeness (QED) is 0.725. The summed E-state index contributed by atoms with van der Waals surface area (Å²) in [5, 5.41) is 11.5. The Labute approximate surface area is 76.6 Å². The van der Waals surface area contributed by atoms with E-state index in [1.165, 1.54) is 6.26 Å². The fraction of sp³-hybridized carbons (Fsp3) is 0.444. The van der Waals surface area contributed by atoms with Crippen molar-refractivity contribution < 1.29 is 14.3 Å². The van der Waals surface area contributed by atoms with Crippen LogP contribution in [0.2, 0.25) is 0 Å². The maximum atomic E-state index is 11.3. The van der Waals surface area contributed by atoms with Crippen molar-refractivity contribution in [1.82, 2.24) is 5.32 Å². The molecule has 0 aliphatic carbocycles. The van der Waals surface area contributed by atoms with Crippen LogP contribution in [0.1, 0.15) is 23.9 Å². The number of rotatable bonds is 4. The number of amides is 1. The zero-order chi connectivity index (χ0) is 9.68. The van der Waals surface area contributed by atoms with Gasteiger partial charge in [-0.25, -0.2) is 0 Å². The lowest BCUT2D eigenvalue weighted by Gasteiger charge is -2.12. The highest BCUT2D eigenvalue weighted by atomic mass is 16.3. The summed E-state index contributed by atoms with van der Waals surface area (Å²) >= 11 is 0. The van der Waals surface area contributed by atoms with Gasteiger partial charge in [0.05, 0.1) is 18.9 Å². The SMILES string of the molecule is CC[C@@H](CO)NC(=O)c1ccco1. The van der Waals surface area contributed by atoms with Crippen LogP contribution in [0.25, 0.3) is 0 Å². The lowest BCUT2D eigenvalue weighted by Crippen LogP contribution is -2.36. The lowest BCUT2D eigenvalue weighted by atomic mass is 10.2. The second-order valence-electron chi connectivity index (χ2n) is 2.74. The van der Waals surface area contributed by atoms with Gasteiger partial charge in [0.25, 0.3) is 5.91 Å². The highest BCUT2D eigenvalue weighted by Gasteiger charge is 2.12. The second-order valence-corrected chi connectivity index (χ2v) is 2.74. The maximum Gasteiger partial charge on any atom is 0.287 e. The van der Waals surface area contributed by atoms with Crippen LogP contribution in [-0.2, 0) is 0 Å². The second kappa shape index (κ2) is 4.67. The zero-order valence-corrected chi connectivity index (χ0v) is 7.49. The summed E-state index contributed by atoms with van der Waals surface area (Å²) in [4.78, 5) is 11.3. The number of hydrogen-bond donors (Lipinski definition) is 2. The summed E-state index contributed by atoms with van der Waals surface area (Å²) in [5.41, 5.74) is 0. The molecule has 1 atom stereocenters. The van der Waals surface area contributed by atoms with Crippen molar-refractivity contribution >= 4 is 5.91 Å². The zero-order valence-electron chi connectivity index (χ0n) is 7.49. The molecule has 1 heterocycles. The Morgan fingerprint density at radius 1 is 1.77 bits per heavy atom. The molecular weight excluding hydrogens is 170 g/mol. The van der Waals surface area contributed by atoms with Crippen LogP contribution in [0.5, 0.6) is 0 Å². The molecule has 4 heteroatoms. The molecule has 72 valence electrons. The standard InChI is InChI=1S/C9H13NO3/c1-2-7(6-11)10-9(12)8-4-3-5-13-8/h3-5,7,11H,2,6H2,1H3,(H,10,12)/t7-/m0/s1. The molecule has 0 aliphatic rings. The van der Waals surface area contributed by atoms with Crippen LogP contribution >= 0.6 is 0 Å². The number of aliphatic hydroxyl groups is 1. The molecule has 0 aliphatic heterocycles. The summed E-state index contributed by atoms with van der Waals surface area (Å²) in [6.07, 6.45) is 2.14. The molecule has 1 aromatic heterocycles. The fourth-order valence-electron chi connectivity index (χ4n) is 0.941. The van der Waals surface area contributed by atoms with E-state index in [1.807, 2.05) is 6.92 Å². The average molecular weight is 183 g/mol. The average Bonchev–Trinajstić information content (AvgIpc) is 2.66. The van der Waals surface area contributed by atoms with E-state index in [4.69, 9.17) is 9.52 Å². The van der Waals surface area contributed by atoms with Crippen LogP contribution in [0.4, 0.5) is 0 Å². The summed E-state index contributed by atoms with van der Waals surface area (Å²) in [6.45, 7) is 1.84. The van der Waals surface area contributed by atoms with Crippen molar-refractivity contribution in [2.24, 2.45) is 0 Å². The normalized spacial score (nSPS) is 12.5. The molecule has 1 amide bonds. The van der Waals surface area contributed by atoms with E-state index in [2.05, 4.69) is 5.32 Å². The first-order valence-electron chi connectivity index (χ1n) is 4.23. The summed E-state index contributed by atoms with van der Waals surface area (Å²) in [7, 11) is 0. The third-order valence-corrected chi connectivity index (χ3v) is 1.79. The number of hydrogen-bond acceptors (Lipinski definition) is 3. The molecule has 1 aromatic rings. The van der Waals surface area contributed by atoms with E-state index in [1.54, 1.807) is 12.1 Å². The van der Waals surface area contributed by atoms with E-state index < -0.39 is 0 Å². The first-order valence-corrected chi connectivity index (χ1v) is 4.23. The molecule has 0 aromatic carbocycles. The molecule has 4 nitrogen and oxygen atoms in total. The Morgan fingerprint density at radius 2 is 2.54 bits per heavy atom. The Bertz CT molecular complexity index is 252. The molecule has 2 N–H and O–H groups in total. The third-order valence-electron chi connectivity index (χ3n) is 1.79. The number of carbonyl (C=O) groups excluding carboxylic acids is 1. The van der Waals surface area contributed by atoms with Gasteiger partial charge in [0, 0.05) is 0 Å². The van der Waals surface area contributed by atoms with Gasteiger partial charge in [-0.15, -0.1) is 0 Å². The van der Waals surface area contributed by atoms with Crippen LogP contribution in [0.3, 0.4) is 0 Å². The van der Waals surface area contributed by atoms with Crippen molar-refractivity contribution in [3.05, 3.63) is 24.2 Å². The molecular formula is C9H13NO3. The van der Waals surface area contributed by atoms with Crippen LogP contribution in [0, 0.1) is 0 Å². The highest BCUT2D eigenvalue weighted by molar-refractivity contribution is 5.91. The van der Waals surface area contributed by atoms with Gasteiger partial charge in [-0.2, -0.15) is 0 Å². The van der Waals surface area contributed by atoms with Crippen LogP contribution in [-0.4, -0.2) is 23.7 Å². The summed E-state index contributed by atoms with van der Waals surface area (Å²) < 4.78 is 4.89. The minimum Gasteiger partial charge on any atom is -0.459 e. The van der Waals surface area contributed by atoms with E-state index in [0.29, 0.717) is 6.42 Å². The van der Waals surface area contributed by atoms with Crippen molar-refractivity contribution in [1.29, 1.82) is 0 Å². The fourth-order valence-corrected chi connectivity index (χ4v) is 0.941. The van der Waals surface area contributed by atoms with Gasteiger partial charge in [-0.1, -0.05) is 6.92 Å². The van der Waals surface area contributed by atoms with Gasteiger partial charge >= 0.3 is 0 Å². The monoisotopic (exact) mass is 183 g/mol. The molecule has 0 fully saturated rings. The van der Waals surface area contributed by atoms with E-state index in [9.17, 15) is 4.79 Å². The smallest absolute Gasteiger partial charge is 0.287 e. The van der Waals surface area contributed by atoms with Crippen LogP contribution in [0.15, 0.2) is 22.8 Å². The Morgan fingerprint density at radius 3 is 3.00 bits per heavy atom. The Balaban J connectivity index is 2.50. The molecule has 0 saturated heterocycles. The van der Waals surface area contributed by atoms with Crippen molar-refractivity contribution in [3.63, 3.8) is 0 Å². The lowest BCUT2D eigenvalue weighted by molar-refractivity contribution is 0.0887. The largest absolute Gasteiger partial charge is 0.459 e. The molecule has 0 spiro atoms. The van der Waals surface area contributed by atoms with Gasteiger partial charge in [-0.05, 0) is 18.6 Å². The molecule has 13 heavy (non-hydrogen) atoms. The van der Waals surface area contributed by atoms with E-state index in [-0.39, 0.29) is 24.3 Å². The molecule has 0 unspecified atom stereocenters. The van der Waals surface area contributed by atoms with E-state index >= 15 is 0 Å². The van der Waals surface area contributed by atoms with Crippen LogP contribution < -0.4 is 5.32 Å². The number of aliphatic hydroxyl groups excluding tert-OH is 1. The first kappa shape index (κ1) is 9.80. The predicted molar refractivity (Wildman–Crippen MR) is 47.3 cm³/mol. The topological polar surface area (TPSA) is 62.5 Å². The summed E-state index contributed by atoms with van der Waals surface area (Å²) in [5.74, 6) is -0.0159. The third kappa shape index (κ3) is 2.59. The minimum atomic E-state index is -0.286. The molecule has 0 bridgehead atoms. The van der Waals surface area contributed by atoms with Crippen molar-refractivity contribution in [3.8, 4) is 0 Å². The van der Waals surface area contributed by atoms with Gasteiger partial charge in [0.2, 0.25) is 0 Å². The highest BCUT2D eigenvalue weighted by Crippen LogP contribution is 2.00. The maximum absolute atomic E-state index is 11.3. The van der Waals surface area contributed by atoms with Crippen molar-refractivity contribution in [2.75, 3.05) is 6.61 Å². The predicted octanol–water partition coefficient (Wildman–Crippen LogP) is 0.780. The van der Waals surface area contributed by atoms with E-state index in [0.717, 1.165) is 0 Å². The molecule has 0 saturated carbocycles. The van der Waals surface area contributed by atoms with Gasteiger partial charge < -0.3 is 14.8 Å². The molecule has 1 rings (SSSR count). The minimum absolute atomic E-state index is 0.0526. The Kier molecular flexibility index (Phi) is 3.52. The van der Waals surface area contributed by atoms with Crippen molar-refractivity contribution in [2.45, 2.75) is 19.4 Å².